The summed E-state index contributed by atoms with van der Waals surface area (Å²) in [5.74, 6) is -1.07. The minimum Gasteiger partial charge on any atom is -0.506 e. The first-order valence-electron chi connectivity index (χ1n) is 5.14. The molecule has 1 aromatic heterocycles. The fourth-order valence-corrected chi connectivity index (χ4v) is 1.57. The molecule has 0 aromatic carbocycles. The van der Waals surface area contributed by atoms with Crippen LogP contribution < -0.4 is 5.56 Å². The Bertz CT molecular complexity index is 462. The average Bonchev–Trinajstić information content (AvgIpc) is 2.17. The van der Waals surface area contributed by atoms with Crippen LogP contribution in [0.2, 0.25) is 0 Å². The van der Waals surface area contributed by atoms with Gasteiger partial charge in [-0.15, -0.1) is 0 Å². The van der Waals surface area contributed by atoms with Gasteiger partial charge in [-0.25, -0.2) is 4.79 Å². The lowest BCUT2D eigenvalue weighted by Crippen LogP contribution is -2.22. The van der Waals surface area contributed by atoms with Gasteiger partial charge in [-0.1, -0.05) is 6.92 Å². The van der Waals surface area contributed by atoms with E-state index in [1.54, 1.807) is 13.8 Å². The highest BCUT2D eigenvalue weighted by Crippen LogP contribution is 2.22. The second-order valence-electron chi connectivity index (χ2n) is 3.36. The van der Waals surface area contributed by atoms with Crippen LogP contribution in [0.15, 0.2) is 4.79 Å². The maximum atomic E-state index is 11.5. The van der Waals surface area contributed by atoms with Crippen molar-refractivity contribution >= 4 is 5.97 Å². The van der Waals surface area contributed by atoms with Gasteiger partial charge in [0, 0.05) is 11.3 Å². The average molecular weight is 225 g/mol. The molecule has 0 radical (unpaired) electrons. The Morgan fingerprint density at radius 3 is 2.56 bits per heavy atom. The SMILES string of the molecule is CCOC(=O)c1c(O)c(CC)c(C)[nH]c1=O. The van der Waals surface area contributed by atoms with Crippen LogP contribution in [0, 0.1) is 6.92 Å². The molecule has 0 bridgehead atoms. The van der Waals surface area contributed by atoms with Gasteiger partial charge in [0.25, 0.3) is 5.56 Å². The molecule has 0 aliphatic rings. The van der Waals surface area contributed by atoms with E-state index in [9.17, 15) is 14.7 Å². The number of ether oxygens (including phenoxy) is 1. The van der Waals surface area contributed by atoms with E-state index in [2.05, 4.69) is 4.98 Å². The number of esters is 1. The van der Waals surface area contributed by atoms with Gasteiger partial charge < -0.3 is 14.8 Å². The summed E-state index contributed by atoms with van der Waals surface area (Å²) in [4.78, 5) is 25.5. The number of aromatic nitrogens is 1. The highest BCUT2D eigenvalue weighted by Gasteiger charge is 2.21. The third kappa shape index (κ3) is 2.08. The van der Waals surface area contributed by atoms with Gasteiger partial charge in [-0.2, -0.15) is 0 Å². The number of carbonyl (C=O) groups is 1. The number of rotatable bonds is 3. The van der Waals surface area contributed by atoms with Gasteiger partial charge in [0.2, 0.25) is 0 Å². The lowest BCUT2D eigenvalue weighted by atomic mass is 10.1. The Morgan fingerprint density at radius 1 is 1.44 bits per heavy atom. The van der Waals surface area contributed by atoms with E-state index in [4.69, 9.17) is 4.74 Å². The van der Waals surface area contributed by atoms with Crippen molar-refractivity contribution in [3.05, 3.63) is 27.2 Å². The molecular formula is C11H15NO4. The van der Waals surface area contributed by atoms with Gasteiger partial charge in [0.1, 0.15) is 5.75 Å². The molecule has 0 unspecified atom stereocenters. The minimum atomic E-state index is -0.795. The van der Waals surface area contributed by atoms with Crippen LogP contribution in [-0.2, 0) is 11.2 Å². The lowest BCUT2D eigenvalue weighted by Gasteiger charge is -2.09. The summed E-state index contributed by atoms with van der Waals surface area (Å²) in [5.41, 5.74) is 0.190. The van der Waals surface area contributed by atoms with Gasteiger partial charge in [0.05, 0.1) is 6.61 Å². The molecule has 88 valence electrons. The van der Waals surface area contributed by atoms with Crippen molar-refractivity contribution in [2.24, 2.45) is 0 Å². The monoisotopic (exact) mass is 225 g/mol. The zero-order chi connectivity index (χ0) is 12.3. The number of hydrogen-bond acceptors (Lipinski definition) is 4. The Balaban J connectivity index is 3.39. The molecule has 0 fully saturated rings. The second-order valence-corrected chi connectivity index (χ2v) is 3.36. The summed E-state index contributed by atoms with van der Waals surface area (Å²) in [6.07, 6.45) is 0.529. The Morgan fingerprint density at radius 2 is 2.06 bits per heavy atom. The van der Waals surface area contributed by atoms with Crippen LogP contribution in [0.4, 0.5) is 0 Å². The van der Waals surface area contributed by atoms with Crippen LogP contribution >= 0.6 is 0 Å². The van der Waals surface area contributed by atoms with E-state index in [0.29, 0.717) is 17.7 Å². The highest BCUT2D eigenvalue weighted by atomic mass is 16.5. The fraction of sp³-hybridized carbons (Fsp3) is 0.455. The number of H-pyrrole nitrogens is 1. The third-order valence-electron chi connectivity index (χ3n) is 2.34. The quantitative estimate of drug-likeness (QED) is 0.756. The molecule has 0 spiro atoms. The molecule has 0 aliphatic carbocycles. The van der Waals surface area contributed by atoms with E-state index in [-0.39, 0.29) is 17.9 Å². The zero-order valence-corrected chi connectivity index (χ0v) is 9.59. The molecule has 16 heavy (non-hydrogen) atoms. The second kappa shape index (κ2) is 4.83. The zero-order valence-electron chi connectivity index (χ0n) is 9.59. The highest BCUT2D eigenvalue weighted by molar-refractivity contribution is 5.92. The van der Waals surface area contributed by atoms with Crippen LogP contribution in [0.1, 0.15) is 35.5 Å². The standard InChI is InChI=1S/C11H15NO4/c1-4-7-6(3)12-10(14)8(9(7)13)11(15)16-5-2/h4-5H2,1-3H3,(H2,12,13,14). The van der Waals surface area contributed by atoms with Crippen molar-refractivity contribution in [3.63, 3.8) is 0 Å². The van der Waals surface area contributed by atoms with E-state index < -0.39 is 11.5 Å². The predicted octanol–water partition coefficient (Wildman–Crippen LogP) is 1.13. The largest absolute Gasteiger partial charge is 0.506 e. The maximum absolute atomic E-state index is 11.5. The molecule has 1 rings (SSSR count). The summed E-state index contributed by atoms with van der Waals surface area (Å²) in [7, 11) is 0. The minimum absolute atomic E-state index is 0.160. The summed E-state index contributed by atoms with van der Waals surface area (Å²) in [6, 6.07) is 0. The van der Waals surface area contributed by atoms with Gasteiger partial charge in [0.15, 0.2) is 5.56 Å². The molecule has 0 saturated heterocycles. The summed E-state index contributed by atoms with van der Waals surface area (Å²) < 4.78 is 4.71. The van der Waals surface area contributed by atoms with Crippen LogP contribution in [0.25, 0.3) is 0 Å². The smallest absolute Gasteiger partial charge is 0.347 e. The summed E-state index contributed by atoms with van der Waals surface area (Å²) in [6.45, 7) is 5.30. The normalized spacial score (nSPS) is 10.2. The first-order valence-corrected chi connectivity index (χ1v) is 5.14. The number of nitrogens with one attached hydrogen (secondary N) is 1. The number of pyridine rings is 1. The van der Waals surface area contributed by atoms with Crippen LogP contribution in [0.5, 0.6) is 5.75 Å². The van der Waals surface area contributed by atoms with E-state index in [0.717, 1.165) is 0 Å². The Kier molecular flexibility index (Phi) is 3.71. The first kappa shape index (κ1) is 12.3. The van der Waals surface area contributed by atoms with Crippen molar-refractivity contribution in [2.75, 3.05) is 6.61 Å². The van der Waals surface area contributed by atoms with E-state index in [1.807, 2.05) is 6.92 Å². The Labute approximate surface area is 93.1 Å². The fourth-order valence-electron chi connectivity index (χ4n) is 1.57. The lowest BCUT2D eigenvalue weighted by molar-refractivity contribution is 0.0520. The molecule has 1 heterocycles. The molecule has 0 atom stereocenters. The van der Waals surface area contributed by atoms with Gasteiger partial charge in [-0.05, 0) is 20.3 Å². The molecule has 5 heteroatoms. The predicted molar refractivity (Wildman–Crippen MR) is 58.8 cm³/mol. The van der Waals surface area contributed by atoms with Crippen molar-refractivity contribution in [1.82, 2.24) is 4.98 Å². The third-order valence-corrected chi connectivity index (χ3v) is 2.34. The summed E-state index contributed by atoms with van der Waals surface area (Å²) >= 11 is 0. The molecule has 5 nitrogen and oxygen atoms in total. The Hall–Kier alpha value is -1.78. The van der Waals surface area contributed by atoms with E-state index in [1.165, 1.54) is 0 Å². The molecular weight excluding hydrogens is 210 g/mol. The van der Waals surface area contributed by atoms with Crippen molar-refractivity contribution in [2.45, 2.75) is 27.2 Å². The first-order chi connectivity index (χ1) is 7.52. The maximum Gasteiger partial charge on any atom is 0.347 e. The van der Waals surface area contributed by atoms with Crippen LogP contribution in [-0.4, -0.2) is 22.7 Å². The van der Waals surface area contributed by atoms with Crippen molar-refractivity contribution < 1.29 is 14.6 Å². The number of aromatic hydroxyl groups is 1. The van der Waals surface area contributed by atoms with Gasteiger partial charge >= 0.3 is 5.97 Å². The molecule has 0 amide bonds. The van der Waals surface area contributed by atoms with Crippen molar-refractivity contribution in [3.8, 4) is 5.75 Å². The van der Waals surface area contributed by atoms with Crippen LogP contribution in [0.3, 0.4) is 0 Å². The molecule has 0 saturated carbocycles. The molecule has 2 N–H and O–H groups in total. The molecule has 1 aromatic rings. The number of aryl methyl sites for hydroxylation is 1. The van der Waals surface area contributed by atoms with Crippen molar-refractivity contribution in [1.29, 1.82) is 0 Å². The van der Waals surface area contributed by atoms with Gasteiger partial charge in [-0.3, -0.25) is 4.79 Å². The number of hydrogen-bond donors (Lipinski definition) is 2. The topological polar surface area (TPSA) is 79.4 Å². The number of carbonyl (C=O) groups excluding carboxylic acids is 1. The van der Waals surface area contributed by atoms with E-state index >= 15 is 0 Å². The number of aromatic amines is 1. The summed E-state index contributed by atoms with van der Waals surface area (Å²) in [5, 5.41) is 9.83. The molecule has 0 aliphatic heterocycles.